The molecular weight excluding hydrogens is 282 g/mol. The summed E-state index contributed by atoms with van der Waals surface area (Å²) < 4.78 is 0. The summed E-state index contributed by atoms with van der Waals surface area (Å²) in [5.74, 6) is 0.626. The Morgan fingerprint density at radius 1 is 1.22 bits per heavy atom. The number of pyridine rings is 1. The molecule has 1 saturated heterocycles. The number of anilines is 1. The second-order valence-corrected chi connectivity index (χ2v) is 7.09. The van der Waals surface area contributed by atoms with E-state index in [2.05, 4.69) is 59.1 Å². The molecule has 2 aliphatic heterocycles. The first-order chi connectivity index (χ1) is 11.2. The van der Waals surface area contributed by atoms with Gasteiger partial charge in [-0.25, -0.2) is 0 Å². The van der Waals surface area contributed by atoms with E-state index >= 15 is 0 Å². The molecule has 0 amide bonds. The Balaban J connectivity index is 1.73. The third-order valence-electron chi connectivity index (χ3n) is 5.36. The highest BCUT2D eigenvalue weighted by atomic mass is 15.2. The van der Waals surface area contributed by atoms with Crippen molar-refractivity contribution in [3.05, 3.63) is 59.4 Å². The van der Waals surface area contributed by atoms with E-state index < -0.39 is 0 Å². The zero-order valence-corrected chi connectivity index (χ0v) is 14.1. The van der Waals surface area contributed by atoms with Crippen molar-refractivity contribution < 1.29 is 0 Å². The van der Waals surface area contributed by atoms with Crippen LogP contribution in [0.5, 0.6) is 0 Å². The van der Waals surface area contributed by atoms with E-state index in [0.717, 1.165) is 12.2 Å². The molecule has 3 heterocycles. The lowest BCUT2D eigenvalue weighted by Gasteiger charge is -2.29. The molecule has 4 rings (SSSR count). The summed E-state index contributed by atoms with van der Waals surface area (Å²) in [6.45, 7) is 5.50. The molecule has 1 aromatic heterocycles. The lowest BCUT2D eigenvalue weighted by atomic mass is 9.92. The normalized spacial score (nSPS) is 24.2. The summed E-state index contributed by atoms with van der Waals surface area (Å²) in [7, 11) is 2.26. The van der Waals surface area contributed by atoms with Gasteiger partial charge in [-0.2, -0.15) is 0 Å². The van der Waals surface area contributed by atoms with Gasteiger partial charge >= 0.3 is 0 Å². The molecule has 2 atom stereocenters. The van der Waals surface area contributed by atoms with Gasteiger partial charge in [0.2, 0.25) is 0 Å². The minimum Gasteiger partial charge on any atom is -0.362 e. The predicted octanol–water partition coefficient (Wildman–Crippen LogP) is 3.59. The Kier molecular flexibility index (Phi) is 3.82. The third-order valence-corrected chi connectivity index (χ3v) is 5.36. The van der Waals surface area contributed by atoms with Crippen LogP contribution in [0.2, 0.25) is 0 Å². The Morgan fingerprint density at radius 3 is 2.96 bits per heavy atom. The van der Waals surface area contributed by atoms with Crippen molar-refractivity contribution in [3.63, 3.8) is 0 Å². The van der Waals surface area contributed by atoms with Crippen LogP contribution in [0.25, 0.3) is 0 Å². The van der Waals surface area contributed by atoms with Gasteiger partial charge in [0, 0.05) is 30.4 Å². The summed E-state index contributed by atoms with van der Waals surface area (Å²) in [5.41, 5.74) is 5.50. The molecule has 3 nitrogen and oxygen atoms in total. The summed E-state index contributed by atoms with van der Waals surface area (Å²) in [5, 5.41) is 0. The van der Waals surface area contributed by atoms with Gasteiger partial charge < -0.3 is 9.80 Å². The maximum atomic E-state index is 4.56. The first kappa shape index (κ1) is 14.7. The number of hydrogen-bond donors (Lipinski definition) is 0. The van der Waals surface area contributed by atoms with Gasteiger partial charge in [0.15, 0.2) is 0 Å². The van der Waals surface area contributed by atoms with Crippen LogP contribution < -0.4 is 4.90 Å². The molecule has 0 N–H and O–H groups in total. The Labute approximate surface area is 139 Å². The summed E-state index contributed by atoms with van der Waals surface area (Å²) >= 11 is 0. The van der Waals surface area contributed by atoms with Crippen molar-refractivity contribution in [2.24, 2.45) is 0 Å². The average molecular weight is 307 g/mol. The van der Waals surface area contributed by atoms with Gasteiger partial charge in [-0.3, -0.25) is 4.98 Å². The molecule has 0 unspecified atom stereocenters. The van der Waals surface area contributed by atoms with Crippen LogP contribution in [0.3, 0.4) is 0 Å². The molecular formula is C20H25N3. The van der Waals surface area contributed by atoms with E-state index in [1.165, 1.54) is 37.2 Å². The number of likely N-dealkylation sites (N-methyl/N-ethyl adjacent to an activating group) is 1. The average Bonchev–Trinajstić information content (AvgIpc) is 2.70. The second-order valence-electron chi connectivity index (χ2n) is 7.09. The Morgan fingerprint density at radius 2 is 2.13 bits per heavy atom. The SMILES string of the molecule is Cc1ccc2c(c1)[C@H]1CN(C)CCC[C@@H]1N2Cc1ccccn1. The maximum absolute atomic E-state index is 4.56. The van der Waals surface area contributed by atoms with Crippen LogP contribution in [0, 0.1) is 6.92 Å². The largest absolute Gasteiger partial charge is 0.362 e. The Bertz CT molecular complexity index is 683. The number of aromatic nitrogens is 1. The number of hydrogen-bond acceptors (Lipinski definition) is 3. The predicted molar refractivity (Wildman–Crippen MR) is 94.9 cm³/mol. The first-order valence-electron chi connectivity index (χ1n) is 8.68. The fraction of sp³-hybridized carbons (Fsp3) is 0.450. The van der Waals surface area contributed by atoms with E-state index in [4.69, 9.17) is 0 Å². The number of benzene rings is 1. The van der Waals surface area contributed by atoms with Crippen LogP contribution in [0.4, 0.5) is 5.69 Å². The number of aryl methyl sites for hydroxylation is 1. The smallest absolute Gasteiger partial charge is 0.0605 e. The Hall–Kier alpha value is -1.87. The van der Waals surface area contributed by atoms with Gasteiger partial charge in [0.1, 0.15) is 0 Å². The van der Waals surface area contributed by atoms with Crippen molar-refractivity contribution in [3.8, 4) is 0 Å². The molecule has 0 bridgehead atoms. The lowest BCUT2D eigenvalue weighted by molar-refractivity contribution is 0.330. The third kappa shape index (κ3) is 2.74. The van der Waals surface area contributed by atoms with Crippen molar-refractivity contribution in [2.45, 2.75) is 38.3 Å². The standard InChI is InChI=1S/C20H25N3/c1-15-8-9-20-17(12-15)18-14-22(2)11-5-7-19(18)23(20)13-16-6-3-4-10-21-16/h3-4,6,8-10,12,18-19H,5,7,11,13-14H2,1-2H3/t18-,19+/m1/s1. The van der Waals surface area contributed by atoms with E-state index in [0.29, 0.717) is 12.0 Å². The fourth-order valence-electron chi connectivity index (χ4n) is 4.28. The molecule has 2 aliphatic rings. The second kappa shape index (κ2) is 5.97. The zero-order valence-electron chi connectivity index (χ0n) is 14.1. The minimum absolute atomic E-state index is 0.610. The van der Waals surface area contributed by atoms with Gasteiger partial charge in [-0.15, -0.1) is 0 Å². The number of nitrogens with zero attached hydrogens (tertiary/aromatic N) is 3. The molecule has 0 aliphatic carbocycles. The van der Waals surface area contributed by atoms with Crippen LogP contribution in [0.1, 0.15) is 35.6 Å². The molecule has 1 fully saturated rings. The van der Waals surface area contributed by atoms with Crippen LogP contribution in [-0.4, -0.2) is 36.1 Å². The quantitative estimate of drug-likeness (QED) is 0.845. The van der Waals surface area contributed by atoms with Gasteiger partial charge in [-0.1, -0.05) is 23.8 Å². The molecule has 23 heavy (non-hydrogen) atoms. The van der Waals surface area contributed by atoms with E-state index in [-0.39, 0.29) is 0 Å². The first-order valence-corrected chi connectivity index (χ1v) is 8.68. The van der Waals surface area contributed by atoms with Crippen LogP contribution >= 0.6 is 0 Å². The molecule has 0 spiro atoms. The van der Waals surface area contributed by atoms with Gasteiger partial charge in [0.25, 0.3) is 0 Å². The van der Waals surface area contributed by atoms with E-state index in [9.17, 15) is 0 Å². The van der Waals surface area contributed by atoms with Crippen LogP contribution in [-0.2, 0) is 6.54 Å². The van der Waals surface area contributed by atoms with Crippen molar-refractivity contribution >= 4 is 5.69 Å². The highest BCUT2D eigenvalue weighted by molar-refractivity contribution is 5.63. The highest BCUT2D eigenvalue weighted by Crippen LogP contribution is 2.45. The molecule has 0 radical (unpaired) electrons. The van der Waals surface area contributed by atoms with Gasteiger partial charge in [-0.05, 0) is 57.1 Å². The number of rotatable bonds is 2. The van der Waals surface area contributed by atoms with E-state index in [1.807, 2.05) is 12.3 Å². The summed E-state index contributed by atoms with van der Waals surface area (Å²) in [4.78, 5) is 9.67. The van der Waals surface area contributed by atoms with Crippen LogP contribution in [0.15, 0.2) is 42.6 Å². The monoisotopic (exact) mass is 307 g/mol. The topological polar surface area (TPSA) is 19.4 Å². The molecule has 3 heteroatoms. The number of likely N-dealkylation sites (tertiary alicyclic amines) is 1. The minimum atomic E-state index is 0.610. The van der Waals surface area contributed by atoms with E-state index in [1.54, 1.807) is 5.56 Å². The van der Waals surface area contributed by atoms with Crippen molar-refractivity contribution in [1.29, 1.82) is 0 Å². The fourth-order valence-corrected chi connectivity index (χ4v) is 4.28. The molecule has 0 saturated carbocycles. The summed E-state index contributed by atoms with van der Waals surface area (Å²) in [6, 6.07) is 13.8. The molecule has 1 aromatic carbocycles. The zero-order chi connectivity index (χ0) is 15.8. The number of fused-ring (bicyclic) bond motifs is 3. The van der Waals surface area contributed by atoms with Crippen molar-refractivity contribution in [2.75, 3.05) is 25.0 Å². The highest BCUT2D eigenvalue weighted by Gasteiger charge is 2.39. The van der Waals surface area contributed by atoms with Crippen molar-refractivity contribution in [1.82, 2.24) is 9.88 Å². The molecule has 2 aromatic rings. The molecule has 120 valence electrons. The lowest BCUT2D eigenvalue weighted by Crippen LogP contribution is -2.35. The van der Waals surface area contributed by atoms with Gasteiger partial charge in [0.05, 0.1) is 12.2 Å². The maximum Gasteiger partial charge on any atom is 0.0605 e. The summed E-state index contributed by atoms with van der Waals surface area (Å²) in [6.07, 6.45) is 4.46.